The van der Waals surface area contributed by atoms with E-state index in [0.29, 0.717) is 5.92 Å². The molecule has 3 nitrogen and oxygen atoms in total. The van der Waals surface area contributed by atoms with Crippen LogP contribution in [0.1, 0.15) is 35.5 Å². The highest BCUT2D eigenvalue weighted by atomic mass is 15.0. The van der Waals surface area contributed by atoms with E-state index in [1.165, 1.54) is 16.8 Å². The molecule has 0 saturated carbocycles. The van der Waals surface area contributed by atoms with Gasteiger partial charge in [-0.05, 0) is 24.1 Å². The summed E-state index contributed by atoms with van der Waals surface area (Å²) in [6.45, 7) is 3.97. The fourth-order valence-electron chi connectivity index (χ4n) is 2.41. The van der Waals surface area contributed by atoms with Gasteiger partial charge in [0.05, 0.1) is 0 Å². The summed E-state index contributed by atoms with van der Waals surface area (Å²) in [4.78, 5) is 7.91. The SMILES string of the molecule is CCNCc1cnc(C2Cc3ccccc32)[nH]1. The molecule has 1 aliphatic carbocycles. The standard InChI is InChI=1S/C14H17N3/c1-2-15-8-11-9-16-14(17-11)13-7-10-5-3-4-6-12(10)13/h3-6,9,13,15H,2,7-8H2,1H3,(H,16,17). The number of nitrogens with one attached hydrogen (secondary N) is 2. The number of H-pyrrole nitrogens is 1. The van der Waals surface area contributed by atoms with Crippen molar-refractivity contribution in [3.8, 4) is 0 Å². The highest BCUT2D eigenvalue weighted by Gasteiger charge is 2.28. The van der Waals surface area contributed by atoms with Crippen LogP contribution >= 0.6 is 0 Å². The maximum absolute atomic E-state index is 4.49. The van der Waals surface area contributed by atoms with Crippen molar-refractivity contribution in [2.75, 3.05) is 6.54 Å². The summed E-state index contributed by atoms with van der Waals surface area (Å²) in [6, 6.07) is 8.62. The van der Waals surface area contributed by atoms with E-state index in [1.54, 1.807) is 0 Å². The number of aromatic amines is 1. The molecule has 0 amide bonds. The van der Waals surface area contributed by atoms with Crippen LogP contribution < -0.4 is 5.32 Å². The van der Waals surface area contributed by atoms with Gasteiger partial charge in [-0.25, -0.2) is 4.98 Å². The molecule has 1 aromatic carbocycles. The van der Waals surface area contributed by atoms with Gasteiger partial charge in [-0.3, -0.25) is 0 Å². The summed E-state index contributed by atoms with van der Waals surface area (Å²) >= 11 is 0. The number of fused-ring (bicyclic) bond motifs is 1. The molecule has 2 N–H and O–H groups in total. The number of nitrogens with zero attached hydrogens (tertiary/aromatic N) is 1. The van der Waals surface area contributed by atoms with Gasteiger partial charge in [0.25, 0.3) is 0 Å². The van der Waals surface area contributed by atoms with Crippen molar-refractivity contribution in [3.63, 3.8) is 0 Å². The number of rotatable bonds is 4. The molecule has 1 aromatic heterocycles. The smallest absolute Gasteiger partial charge is 0.114 e. The first-order valence-electron chi connectivity index (χ1n) is 6.20. The van der Waals surface area contributed by atoms with E-state index in [2.05, 4.69) is 46.5 Å². The maximum atomic E-state index is 4.49. The minimum atomic E-state index is 0.474. The van der Waals surface area contributed by atoms with E-state index in [9.17, 15) is 0 Å². The number of benzene rings is 1. The molecule has 0 radical (unpaired) electrons. The zero-order chi connectivity index (χ0) is 11.7. The summed E-state index contributed by atoms with van der Waals surface area (Å²) < 4.78 is 0. The largest absolute Gasteiger partial charge is 0.344 e. The Morgan fingerprint density at radius 2 is 2.29 bits per heavy atom. The van der Waals surface area contributed by atoms with Crippen LogP contribution in [0.2, 0.25) is 0 Å². The third-order valence-corrected chi connectivity index (χ3v) is 3.40. The predicted octanol–water partition coefficient (Wildman–Crippen LogP) is 2.21. The third kappa shape index (κ3) is 1.87. The Labute approximate surface area is 101 Å². The average molecular weight is 227 g/mol. The van der Waals surface area contributed by atoms with Gasteiger partial charge in [-0.15, -0.1) is 0 Å². The number of imidazole rings is 1. The number of aromatic nitrogens is 2. The summed E-state index contributed by atoms with van der Waals surface area (Å²) in [6.07, 6.45) is 3.06. The fraction of sp³-hybridized carbons (Fsp3) is 0.357. The van der Waals surface area contributed by atoms with Crippen LogP contribution in [0.4, 0.5) is 0 Å². The molecule has 1 unspecified atom stereocenters. The van der Waals surface area contributed by atoms with Gasteiger partial charge in [0.1, 0.15) is 5.82 Å². The predicted molar refractivity (Wildman–Crippen MR) is 68.0 cm³/mol. The van der Waals surface area contributed by atoms with Gasteiger partial charge in [0.15, 0.2) is 0 Å². The molecule has 1 atom stereocenters. The van der Waals surface area contributed by atoms with E-state index >= 15 is 0 Å². The summed E-state index contributed by atoms with van der Waals surface area (Å²) in [5.74, 6) is 1.58. The minimum Gasteiger partial charge on any atom is -0.344 e. The maximum Gasteiger partial charge on any atom is 0.114 e. The van der Waals surface area contributed by atoms with E-state index in [-0.39, 0.29) is 0 Å². The van der Waals surface area contributed by atoms with Crippen LogP contribution in [0.3, 0.4) is 0 Å². The molecule has 0 aliphatic heterocycles. The van der Waals surface area contributed by atoms with Gasteiger partial charge in [-0.1, -0.05) is 31.2 Å². The molecule has 17 heavy (non-hydrogen) atoms. The highest BCUT2D eigenvalue weighted by molar-refractivity contribution is 5.44. The van der Waals surface area contributed by atoms with Crippen molar-refractivity contribution in [2.45, 2.75) is 25.8 Å². The molecule has 1 aliphatic rings. The quantitative estimate of drug-likeness (QED) is 0.840. The lowest BCUT2D eigenvalue weighted by Gasteiger charge is -2.28. The lowest BCUT2D eigenvalue weighted by atomic mass is 9.77. The molecular weight excluding hydrogens is 210 g/mol. The van der Waals surface area contributed by atoms with Crippen molar-refractivity contribution in [1.82, 2.24) is 15.3 Å². The Morgan fingerprint density at radius 1 is 1.41 bits per heavy atom. The van der Waals surface area contributed by atoms with Crippen molar-refractivity contribution >= 4 is 0 Å². The number of hydrogen-bond donors (Lipinski definition) is 2. The van der Waals surface area contributed by atoms with Gasteiger partial charge in [0, 0.05) is 24.4 Å². The molecule has 0 fully saturated rings. The monoisotopic (exact) mass is 227 g/mol. The molecule has 1 heterocycles. The van der Waals surface area contributed by atoms with Crippen molar-refractivity contribution < 1.29 is 0 Å². The first-order chi connectivity index (χ1) is 8.38. The summed E-state index contributed by atoms with van der Waals surface area (Å²) in [5.41, 5.74) is 4.06. The Kier molecular flexibility index (Phi) is 2.69. The van der Waals surface area contributed by atoms with Gasteiger partial charge in [-0.2, -0.15) is 0 Å². The molecule has 88 valence electrons. The van der Waals surface area contributed by atoms with Crippen LogP contribution in [0.5, 0.6) is 0 Å². The Morgan fingerprint density at radius 3 is 3.12 bits per heavy atom. The topological polar surface area (TPSA) is 40.7 Å². The first-order valence-corrected chi connectivity index (χ1v) is 6.20. The van der Waals surface area contributed by atoms with Gasteiger partial charge >= 0.3 is 0 Å². The lowest BCUT2D eigenvalue weighted by molar-refractivity contribution is 0.660. The number of hydrogen-bond acceptors (Lipinski definition) is 2. The van der Waals surface area contributed by atoms with Crippen molar-refractivity contribution in [2.24, 2.45) is 0 Å². The molecule has 3 heteroatoms. The summed E-state index contributed by atoms with van der Waals surface area (Å²) in [7, 11) is 0. The summed E-state index contributed by atoms with van der Waals surface area (Å²) in [5, 5.41) is 3.30. The van der Waals surface area contributed by atoms with E-state index in [1.807, 2.05) is 6.20 Å². The van der Waals surface area contributed by atoms with Gasteiger partial charge in [0.2, 0.25) is 0 Å². The highest BCUT2D eigenvalue weighted by Crippen LogP contribution is 2.38. The zero-order valence-electron chi connectivity index (χ0n) is 10.0. The van der Waals surface area contributed by atoms with E-state index in [0.717, 1.165) is 25.3 Å². The van der Waals surface area contributed by atoms with Crippen LogP contribution in [0.15, 0.2) is 30.5 Å². The van der Waals surface area contributed by atoms with Crippen molar-refractivity contribution in [3.05, 3.63) is 53.1 Å². The third-order valence-electron chi connectivity index (χ3n) is 3.40. The second-order valence-corrected chi connectivity index (χ2v) is 4.53. The van der Waals surface area contributed by atoms with Crippen LogP contribution in [0.25, 0.3) is 0 Å². The fourth-order valence-corrected chi connectivity index (χ4v) is 2.41. The molecule has 2 aromatic rings. The second-order valence-electron chi connectivity index (χ2n) is 4.53. The normalized spacial score (nSPS) is 17.6. The van der Waals surface area contributed by atoms with Crippen LogP contribution in [-0.2, 0) is 13.0 Å². The minimum absolute atomic E-state index is 0.474. The average Bonchev–Trinajstić information content (AvgIpc) is 2.76. The molecule has 0 saturated heterocycles. The van der Waals surface area contributed by atoms with E-state index in [4.69, 9.17) is 0 Å². The lowest BCUT2D eigenvalue weighted by Crippen LogP contribution is -2.19. The molecular formula is C14H17N3. The second kappa shape index (κ2) is 4.34. The first kappa shape index (κ1) is 10.5. The zero-order valence-corrected chi connectivity index (χ0v) is 10.0. The van der Waals surface area contributed by atoms with E-state index < -0.39 is 0 Å². The molecule has 0 spiro atoms. The van der Waals surface area contributed by atoms with Crippen molar-refractivity contribution in [1.29, 1.82) is 0 Å². The van der Waals surface area contributed by atoms with Crippen LogP contribution in [-0.4, -0.2) is 16.5 Å². The van der Waals surface area contributed by atoms with Crippen LogP contribution in [0, 0.1) is 0 Å². The Hall–Kier alpha value is -1.61. The molecule has 0 bridgehead atoms. The Bertz CT molecular complexity index is 516. The molecule has 3 rings (SSSR count). The Balaban J connectivity index is 1.76. The van der Waals surface area contributed by atoms with Gasteiger partial charge < -0.3 is 10.3 Å².